The van der Waals surface area contributed by atoms with E-state index in [1.165, 1.54) is 6.07 Å². The highest BCUT2D eigenvalue weighted by atomic mass is 19.1. The molecule has 0 atom stereocenters. The van der Waals surface area contributed by atoms with Crippen LogP contribution in [0.15, 0.2) is 36.4 Å². The number of halogens is 1. The van der Waals surface area contributed by atoms with E-state index >= 15 is 0 Å². The van der Waals surface area contributed by atoms with Gasteiger partial charge in [-0.1, -0.05) is 13.0 Å². The zero-order valence-corrected chi connectivity index (χ0v) is 27.9. The molecule has 0 radical (unpaired) electrons. The molecule has 2 saturated carbocycles. The van der Waals surface area contributed by atoms with Crippen molar-refractivity contribution in [1.29, 1.82) is 0 Å². The normalized spacial score (nSPS) is 13.0. The lowest BCUT2D eigenvalue weighted by molar-refractivity contribution is -0.386. The maximum Gasteiger partial charge on any atom is 0.373 e. The Bertz CT molecular complexity index is 1400. The van der Waals surface area contributed by atoms with Crippen LogP contribution < -0.4 is 9.47 Å². The zero-order valence-electron chi connectivity index (χ0n) is 27.9. The van der Waals surface area contributed by atoms with Crippen molar-refractivity contribution < 1.29 is 52.4 Å². The van der Waals surface area contributed by atoms with Gasteiger partial charge >= 0.3 is 29.5 Å². The molecular formula is C33H43FN2O12. The van der Waals surface area contributed by atoms with E-state index in [9.17, 15) is 34.2 Å². The summed E-state index contributed by atoms with van der Waals surface area (Å²) in [6, 6.07) is 7.72. The first-order chi connectivity index (χ1) is 22.6. The Balaban J connectivity index is 0.000000364. The minimum atomic E-state index is -0.568. The summed E-state index contributed by atoms with van der Waals surface area (Å²) in [6.07, 6.45) is 6.11. The number of carbonyl (C=O) groups is 2. The Morgan fingerprint density at radius 1 is 0.854 bits per heavy atom. The predicted molar refractivity (Wildman–Crippen MR) is 169 cm³/mol. The fourth-order valence-electron chi connectivity index (χ4n) is 3.65. The Kier molecular flexibility index (Phi) is 18.0. The van der Waals surface area contributed by atoms with Gasteiger partial charge in [-0.2, -0.15) is 9.59 Å². The Morgan fingerprint density at radius 3 is 1.75 bits per heavy atom. The van der Waals surface area contributed by atoms with Gasteiger partial charge in [-0.3, -0.25) is 29.8 Å². The molecule has 2 aliphatic carbocycles. The van der Waals surface area contributed by atoms with Gasteiger partial charge in [0.1, 0.15) is 11.4 Å². The van der Waals surface area contributed by atoms with Gasteiger partial charge in [0.25, 0.3) is 0 Å². The van der Waals surface area contributed by atoms with E-state index in [4.69, 9.17) is 28.5 Å². The molecule has 15 heteroatoms. The quantitative estimate of drug-likeness (QED) is 0.126. The molecule has 264 valence electrons. The number of hydrogen-bond donors (Lipinski definition) is 0. The standard InChI is InChI=1S/C14H17NO5.C10H10FNO3.C8H16O2.CO2/c1-2-19-14(16)8-11-5-6-12(15(17)18)13(7-11)20-9-10-3-4-10;11-8-3-4-9(12(13)14)10(5-8)15-6-7-1-2-7;1-5-6-7(9)10-8(2,3)4;2-1-3/h5-7,10H,2-4,8-9H2,1H3;3-5,7H,1-2,6H2;5-6H2,1-4H3;. The molecule has 0 bridgehead atoms. The third-order valence-electron chi connectivity index (χ3n) is 6.21. The number of benzene rings is 2. The first-order valence-corrected chi connectivity index (χ1v) is 15.5. The number of rotatable bonds is 13. The molecule has 2 aromatic rings. The molecule has 0 heterocycles. The zero-order chi connectivity index (χ0) is 36.3. The minimum Gasteiger partial charge on any atom is -0.487 e. The fourth-order valence-corrected chi connectivity index (χ4v) is 3.65. The highest BCUT2D eigenvalue weighted by molar-refractivity contribution is 5.73. The molecule has 48 heavy (non-hydrogen) atoms. The van der Waals surface area contributed by atoms with Crippen LogP contribution in [0, 0.1) is 37.9 Å². The van der Waals surface area contributed by atoms with Crippen molar-refractivity contribution in [2.45, 2.75) is 85.2 Å². The minimum absolute atomic E-state index is 0.0203. The van der Waals surface area contributed by atoms with Crippen LogP contribution in [0.1, 0.15) is 78.7 Å². The van der Waals surface area contributed by atoms with Crippen LogP contribution in [0.2, 0.25) is 0 Å². The van der Waals surface area contributed by atoms with E-state index in [1.54, 1.807) is 19.1 Å². The fraction of sp³-hybridized carbons (Fsp3) is 0.545. The number of nitrogens with zero attached hydrogens (tertiary/aromatic N) is 2. The summed E-state index contributed by atoms with van der Waals surface area (Å²) in [7, 11) is 0. The molecule has 2 fully saturated rings. The van der Waals surface area contributed by atoms with E-state index in [-0.39, 0.29) is 53.0 Å². The second-order valence-corrected chi connectivity index (χ2v) is 11.8. The van der Waals surface area contributed by atoms with Crippen LogP contribution in [0.5, 0.6) is 11.5 Å². The SMILES string of the molecule is CCCC(=O)OC(C)(C)C.CCOC(=O)Cc1ccc([N+](=O)[O-])c(OCC2CC2)c1.O=C=O.O=[N+]([O-])c1ccc(F)cc1OCC1CC1. The van der Waals surface area contributed by atoms with Gasteiger partial charge in [0.2, 0.25) is 0 Å². The molecule has 0 aromatic heterocycles. The number of nitro benzene ring substituents is 2. The van der Waals surface area contributed by atoms with Crippen molar-refractivity contribution in [3.05, 3.63) is 68.0 Å². The maximum atomic E-state index is 12.8. The van der Waals surface area contributed by atoms with Gasteiger partial charge in [0.05, 0.1) is 36.1 Å². The third-order valence-corrected chi connectivity index (χ3v) is 6.21. The molecule has 0 unspecified atom stereocenters. The molecule has 0 aliphatic heterocycles. The smallest absolute Gasteiger partial charge is 0.373 e. The average molecular weight is 679 g/mol. The Hall–Kier alpha value is -4.91. The number of carbonyl (C=O) groups excluding carboxylic acids is 4. The number of hydrogen-bond acceptors (Lipinski definition) is 12. The molecule has 0 amide bonds. The van der Waals surface area contributed by atoms with E-state index in [0.29, 0.717) is 43.6 Å². The van der Waals surface area contributed by atoms with Crippen molar-refractivity contribution in [3.8, 4) is 11.5 Å². The lowest BCUT2D eigenvalue weighted by atomic mass is 10.1. The maximum absolute atomic E-state index is 12.8. The topological polar surface area (TPSA) is 191 Å². The molecule has 14 nitrogen and oxygen atoms in total. The van der Waals surface area contributed by atoms with Crippen LogP contribution >= 0.6 is 0 Å². The second-order valence-electron chi connectivity index (χ2n) is 11.8. The first-order valence-electron chi connectivity index (χ1n) is 15.5. The molecule has 2 aliphatic rings. The van der Waals surface area contributed by atoms with Gasteiger partial charge < -0.3 is 18.9 Å². The second kappa shape index (κ2) is 21.1. The molecular weight excluding hydrogens is 635 g/mol. The van der Waals surface area contributed by atoms with E-state index < -0.39 is 15.7 Å². The highest BCUT2D eigenvalue weighted by Crippen LogP contribution is 2.34. The summed E-state index contributed by atoms with van der Waals surface area (Å²) in [4.78, 5) is 59.0. The Morgan fingerprint density at radius 2 is 1.33 bits per heavy atom. The highest BCUT2D eigenvalue weighted by Gasteiger charge is 2.25. The number of esters is 2. The van der Waals surface area contributed by atoms with E-state index in [0.717, 1.165) is 50.3 Å². The molecule has 4 rings (SSSR count). The van der Waals surface area contributed by atoms with Gasteiger partial charge in [-0.25, -0.2) is 4.39 Å². The summed E-state index contributed by atoms with van der Waals surface area (Å²) in [5, 5.41) is 21.5. The van der Waals surface area contributed by atoms with Crippen LogP contribution in [-0.2, 0) is 35.1 Å². The van der Waals surface area contributed by atoms with Gasteiger partial charge in [-0.15, -0.1) is 0 Å². The lowest BCUT2D eigenvalue weighted by Gasteiger charge is -2.18. The van der Waals surface area contributed by atoms with Gasteiger partial charge in [-0.05, 0) is 89.3 Å². The van der Waals surface area contributed by atoms with Crippen LogP contribution in [0.3, 0.4) is 0 Å². The predicted octanol–water partition coefficient (Wildman–Crippen LogP) is 6.56. The van der Waals surface area contributed by atoms with Crippen molar-refractivity contribution in [2.75, 3.05) is 19.8 Å². The summed E-state index contributed by atoms with van der Waals surface area (Å²) < 4.78 is 33.5. The molecule has 2 aromatic carbocycles. The summed E-state index contributed by atoms with van der Waals surface area (Å²) in [5.41, 5.74) is 0.0712. The molecule has 0 spiro atoms. The summed E-state index contributed by atoms with van der Waals surface area (Å²) in [6.45, 7) is 10.6. The van der Waals surface area contributed by atoms with Gasteiger partial charge in [0.15, 0.2) is 11.5 Å². The van der Waals surface area contributed by atoms with Crippen molar-refractivity contribution in [1.82, 2.24) is 0 Å². The number of nitro groups is 2. The van der Waals surface area contributed by atoms with Crippen LogP contribution in [-0.4, -0.2) is 53.4 Å². The van der Waals surface area contributed by atoms with E-state index in [2.05, 4.69) is 0 Å². The number of ether oxygens (including phenoxy) is 4. The third kappa shape index (κ3) is 18.3. The Labute approximate surface area is 278 Å². The first kappa shape index (κ1) is 41.1. The monoisotopic (exact) mass is 678 g/mol. The molecule has 0 saturated heterocycles. The van der Waals surface area contributed by atoms with Crippen LogP contribution in [0.25, 0.3) is 0 Å². The summed E-state index contributed by atoms with van der Waals surface area (Å²) >= 11 is 0. The van der Waals surface area contributed by atoms with E-state index in [1.807, 2.05) is 27.7 Å². The van der Waals surface area contributed by atoms with Crippen molar-refractivity contribution in [3.63, 3.8) is 0 Å². The largest absolute Gasteiger partial charge is 0.487 e. The van der Waals surface area contributed by atoms with Crippen molar-refractivity contribution in [2.24, 2.45) is 11.8 Å². The average Bonchev–Trinajstić information content (AvgIpc) is 3.91. The van der Waals surface area contributed by atoms with Crippen molar-refractivity contribution >= 4 is 29.5 Å². The lowest BCUT2D eigenvalue weighted by Crippen LogP contribution is -2.23. The van der Waals surface area contributed by atoms with Gasteiger partial charge in [0, 0.05) is 24.6 Å². The summed E-state index contributed by atoms with van der Waals surface area (Å²) in [5.74, 6) is 0.252. The molecule has 0 N–H and O–H groups in total. The van der Waals surface area contributed by atoms with Crippen LogP contribution in [0.4, 0.5) is 15.8 Å².